The number of anilines is 1. The van der Waals surface area contributed by atoms with Gasteiger partial charge in [0.15, 0.2) is 0 Å². The molecule has 0 radical (unpaired) electrons. The largest absolute Gasteiger partial charge is 0.487 e. The molecule has 0 spiro atoms. The third-order valence-corrected chi connectivity index (χ3v) is 3.14. The van der Waals surface area contributed by atoms with Crippen LogP contribution in [0, 0.1) is 5.82 Å². The van der Waals surface area contributed by atoms with E-state index in [9.17, 15) is 9.18 Å². The number of hydrogen-bond donors (Lipinski definition) is 1. The minimum atomic E-state index is -0.524. The molecule has 110 valence electrons. The Bertz CT molecular complexity index is 676. The van der Waals surface area contributed by atoms with Gasteiger partial charge in [-0.15, -0.1) is 0 Å². The highest BCUT2D eigenvalue weighted by molar-refractivity contribution is 6.30. The first kappa shape index (κ1) is 15.1. The van der Waals surface area contributed by atoms with E-state index in [4.69, 9.17) is 22.1 Å². The molecule has 2 aromatic rings. The van der Waals surface area contributed by atoms with E-state index in [0.717, 1.165) is 0 Å². The summed E-state index contributed by atoms with van der Waals surface area (Å²) in [5.41, 5.74) is 6.69. The van der Waals surface area contributed by atoms with Gasteiger partial charge in [-0.3, -0.25) is 0 Å². The molecule has 0 saturated heterocycles. The van der Waals surface area contributed by atoms with Crippen LogP contribution in [0.4, 0.5) is 10.1 Å². The number of nitrogens with two attached hydrogens (primary N) is 1. The predicted molar refractivity (Wildman–Crippen MR) is 77.9 cm³/mol. The Hall–Kier alpha value is -2.27. The maximum absolute atomic E-state index is 13.7. The molecule has 0 aromatic heterocycles. The Kier molecular flexibility index (Phi) is 4.65. The van der Waals surface area contributed by atoms with Gasteiger partial charge in [0.2, 0.25) is 0 Å². The first-order valence-corrected chi connectivity index (χ1v) is 6.44. The van der Waals surface area contributed by atoms with Crippen molar-refractivity contribution in [2.24, 2.45) is 0 Å². The second-order valence-electron chi connectivity index (χ2n) is 4.25. The standard InChI is InChI=1S/C15H13ClFNO3/c1-20-15(19)9-5-6-13(12(18)7-9)21-8-10-3-2-4-11(16)14(10)17/h2-7H,8,18H2,1H3. The van der Waals surface area contributed by atoms with E-state index in [1.165, 1.54) is 31.4 Å². The van der Waals surface area contributed by atoms with Crippen LogP contribution in [0.5, 0.6) is 5.75 Å². The number of carbonyl (C=O) groups is 1. The second-order valence-corrected chi connectivity index (χ2v) is 4.65. The summed E-state index contributed by atoms with van der Waals surface area (Å²) in [5, 5.41) is 0.0325. The fourth-order valence-electron chi connectivity index (χ4n) is 1.74. The number of halogens is 2. The topological polar surface area (TPSA) is 61.5 Å². The Morgan fingerprint density at radius 1 is 1.33 bits per heavy atom. The molecule has 21 heavy (non-hydrogen) atoms. The van der Waals surface area contributed by atoms with Gasteiger partial charge >= 0.3 is 5.97 Å². The van der Waals surface area contributed by atoms with E-state index in [1.54, 1.807) is 12.1 Å². The highest BCUT2D eigenvalue weighted by atomic mass is 35.5. The van der Waals surface area contributed by atoms with Crippen LogP contribution >= 0.6 is 11.6 Å². The summed E-state index contributed by atoms with van der Waals surface area (Å²) in [6, 6.07) is 9.15. The fourth-order valence-corrected chi connectivity index (χ4v) is 1.93. The molecule has 0 amide bonds. The van der Waals surface area contributed by atoms with Crippen LogP contribution < -0.4 is 10.5 Å². The van der Waals surface area contributed by atoms with Crippen LogP contribution in [0.2, 0.25) is 5.02 Å². The number of esters is 1. The van der Waals surface area contributed by atoms with Crippen molar-refractivity contribution >= 4 is 23.3 Å². The average molecular weight is 310 g/mol. The summed E-state index contributed by atoms with van der Waals surface area (Å²) < 4.78 is 23.8. The summed E-state index contributed by atoms with van der Waals surface area (Å²) in [6.45, 7) is -0.0197. The van der Waals surface area contributed by atoms with Gasteiger partial charge in [0.25, 0.3) is 0 Å². The Labute approximate surface area is 126 Å². The van der Waals surface area contributed by atoms with Crippen LogP contribution in [0.3, 0.4) is 0 Å². The van der Waals surface area contributed by atoms with Crippen molar-refractivity contribution in [2.45, 2.75) is 6.61 Å². The Balaban J connectivity index is 2.13. The molecule has 4 nitrogen and oxygen atoms in total. The van der Waals surface area contributed by atoms with Crippen LogP contribution in [-0.2, 0) is 11.3 Å². The third kappa shape index (κ3) is 3.44. The zero-order valence-corrected chi connectivity index (χ0v) is 12.0. The van der Waals surface area contributed by atoms with Crippen LogP contribution in [0.1, 0.15) is 15.9 Å². The molecular weight excluding hydrogens is 297 g/mol. The summed E-state index contributed by atoms with van der Waals surface area (Å²) in [6.07, 6.45) is 0. The van der Waals surface area contributed by atoms with Crippen molar-refractivity contribution in [3.63, 3.8) is 0 Å². The van der Waals surface area contributed by atoms with Gasteiger partial charge in [-0.1, -0.05) is 23.7 Å². The smallest absolute Gasteiger partial charge is 0.337 e. The summed E-state index contributed by atoms with van der Waals surface area (Å²) in [5.74, 6) is -0.667. The van der Waals surface area contributed by atoms with Gasteiger partial charge in [0, 0.05) is 5.56 Å². The Morgan fingerprint density at radius 3 is 2.76 bits per heavy atom. The predicted octanol–water partition coefficient (Wildman–Crippen LogP) is 3.43. The van der Waals surface area contributed by atoms with E-state index in [0.29, 0.717) is 16.9 Å². The van der Waals surface area contributed by atoms with Crippen molar-refractivity contribution in [3.05, 3.63) is 58.4 Å². The lowest BCUT2D eigenvalue weighted by Crippen LogP contribution is -2.05. The molecule has 0 aliphatic carbocycles. The van der Waals surface area contributed by atoms with Crippen molar-refractivity contribution in [2.75, 3.05) is 12.8 Å². The number of ether oxygens (including phenoxy) is 2. The summed E-state index contributed by atoms with van der Waals surface area (Å²) >= 11 is 5.69. The maximum atomic E-state index is 13.7. The number of nitrogen functional groups attached to an aromatic ring is 1. The van der Waals surface area contributed by atoms with Gasteiger partial charge in [-0.05, 0) is 24.3 Å². The highest BCUT2D eigenvalue weighted by Crippen LogP contribution is 2.25. The minimum Gasteiger partial charge on any atom is -0.487 e. The monoisotopic (exact) mass is 309 g/mol. The molecule has 0 bridgehead atoms. The van der Waals surface area contributed by atoms with Gasteiger partial charge in [0.1, 0.15) is 18.2 Å². The lowest BCUT2D eigenvalue weighted by Gasteiger charge is -2.11. The summed E-state index contributed by atoms with van der Waals surface area (Å²) in [7, 11) is 1.28. The molecule has 2 N–H and O–H groups in total. The van der Waals surface area contributed by atoms with Gasteiger partial charge in [0.05, 0.1) is 23.4 Å². The first-order chi connectivity index (χ1) is 10.0. The number of benzene rings is 2. The molecule has 2 aromatic carbocycles. The highest BCUT2D eigenvalue weighted by Gasteiger charge is 2.11. The van der Waals surface area contributed by atoms with Gasteiger partial charge in [-0.25, -0.2) is 9.18 Å². The number of carbonyl (C=O) groups excluding carboxylic acids is 1. The van der Waals surface area contributed by atoms with Crippen LogP contribution in [0.25, 0.3) is 0 Å². The molecule has 0 aliphatic heterocycles. The molecule has 2 rings (SSSR count). The van der Waals surface area contributed by atoms with Crippen molar-refractivity contribution in [1.82, 2.24) is 0 Å². The van der Waals surface area contributed by atoms with Crippen molar-refractivity contribution in [1.29, 1.82) is 0 Å². The molecule has 0 aliphatic rings. The van der Waals surface area contributed by atoms with E-state index < -0.39 is 11.8 Å². The quantitative estimate of drug-likeness (QED) is 0.694. The van der Waals surface area contributed by atoms with E-state index in [2.05, 4.69) is 4.74 Å². The van der Waals surface area contributed by atoms with Crippen molar-refractivity contribution < 1.29 is 18.7 Å². The molecule has 0 unspecified atom stereocenters. The molecular formula is C15H13ClFNO3. The summed E-state index contributed by atoms with van der Waals surface area (Å²) in [4.78, 5) is 11.4. The van der Waals surface area contributed by atoms with Gasteiger partial charge < -0.3 is 15.2 Å². The van der Waals surface area contributed by atoms with E-state index in [-0.39, 0.29) is 17.3 Å². The third-order valence-electron chi connectivity index (χ3n) is 2.85. The normalized spacial score (nSPS) is 10.2. The molecule has 0 heterocycles. The molecule has 0 saturated carbocycles. The number of hydrogen-bond acceptors (Lipinski definition) is 4. The SMILES string of the molecule is COC(=O)c1ccc(OCc2cccc(Cl)c2F)c(N)c1. The van der Waals surface area contributed by atoms with Crippen LogP contribution in [-0.4, -0.2) is 13.1 Å². The van der Waals surface area contributed by atoms with E-state index in [1.807, 2.05) is 0 Å². The minimum absolute atomic E-state index is 0.0197. The molecule has 0 fully saturated rings. The molecule has 0 atom stereocenters. The number of methoxy groups -OCH3 is 1. The molecule has 6 heteroatoms. The number of rotatable bonds is 4. The maximum Gasteiger partial charge on any atom is 0.337 e. The van der Waals surface area contributed by atoms with Crippen molar-refractivity contribution in [3.8, 4) is 5.75 Å². The second kappa shape index (κ2) is 6.45. The fraction of sp³-hybridized carbons (Fsp3) is 0.133. The van der Waals surface area contributed by atoms with Gasteiger partial charge in [-0.2, -0.15) is 0 Å². The van der Waals surface area contributed by atoms with E-state index >= 15 is 0 Å². The van der Waals surface area contributed by atoms with Crippen LogP contribution in [0.15, 0.2) is 36.4 Å². The Morgan fingerprint density at radius 2 is 2.10 bits per heavy atom. The average Bonchev–Trinajstić information content (AvgIpc) is 2.49. The lowest BCUT2D eigenvalue weighted by molar-refractivity contribution is 0.0600. The zero-order chi connectivity index (χ0) is 15.4. The zero-order valence-electron chi connectivity index (χ0n) is 11.2. The lowest BCUT2D eigenvalue weighted by atomic mass is 10.2. The first-order valence-electron chi connectivity index (χ1n) is 6.06.